The minimum atomic E-state index is -0.862. The van der Waals surface area contributed by atoms with Crippen molar-refractivity contribution in [3.05, 3.63) is 71.4 Å². The SMILES string of the molecule is CCOC(=O)c1ccc(NC(=O)/C(C#N)=C\Nc2c(F)cccc2F)cc1. The molecular formula is C19H15F2N3O3. The highest BCUT2D eigenvalue weighted by Gasteiger charge is 2.12. The Bertz CT molecular complexity index is 899. The summed E-state index contributed by atoms with van der Waals surface area (Å²) in [5.74, 6) is -3.01. The van der Waals surface area contributed by atoms with Crippen molar-refractivity contribution in [2.24, 2.45) is 0 Å². The second kappa shape index (κ2) is 9.10. The first kappa shape index (κ1) is 19.6. The van der Waals surface area contributed by atoms with Crippen molar-refractivity contribution in [2.75, 3.05) is 17.2 Å². The molecule has 1 amide bonds. The number of para-hydroxylation sites is 1. The summed E-state index contributed by atoms with van der Waals surface area (Å²) in [7, 11) is 0. The number of ether oxygens (including phenoxy) is 1. The highest BCUT2D eigenvalue weighted by molar-refractivity contribution is 6.06. The zero-order chi connectivity index (χ0) is 19.8. The van der Waals surface area contributed by atoms with Crippen LogP contribution >= 0.6 is 0 Å². The molecule has 0 unspecified atom stereocenters. The predicted molar refractivity (Wildman–Crippen MR) is 94.7 cm³/mol. The number of nitriles is 1. The summed E-state index contributed by atoms with van der Waals surface area (Å²) < 4.78 is 32.0. The van der Waals surface area contributed by atoms with Gasteiger partial charge in [-0.15, -0.1) is 0 Å². The number of anilines is 2. The molecule has 0 fully saturated rings. The second-order valence-corrected chi connectivity index (χ2v) is 5.16. The monoisotopic (exact) mass is 371 g/mol. The van der Waals surface area contributed by atoms with Crippen LogP contribution in [0.4, 0.5) is 20.2 Å². The Kier molecular flexibility index (Phi) is 6.61. The zero-order valence-corrected chi connectivity index (χ0v) is 14.3. The lowest BCUT2D eigenvalue weighted by atomic mass is 10.2. The van der Waals surface area contributed by atoms with Gasteiger partial charge in [-0.25, -0.2) is 13.6 Å². The van der Waals surface area contributed by atoms with E-state index >= 15 is 0 Å². The van der Waals surface area contributed by atoms with E-state index in [-0.39, 0.29) is 6.61 Å². The van der Waals surface area contributed by atoms with Crippen molar-refractivity contribution in [3.8, 4) is 6.07 Å². The summed E-state index contributed by atoms with van der Waals surface area (Å²) in [6.45, 7) is 1.92. The molecule has 138 valence electrons. The molecule has 0 aromatic heterocycles. The van der Waals surface area contributed by atoms with Crippen molar-refractivity contribution >= 4 is 23.3 Å². The molecule has 0 saturated heterocycles. The molecule has 0 atom stereocenters. The summed E-state index contributed by atoms with van der Waals surface area (Å²) in [6.07, 6.45) is 0.907. The average Bonchev–Trinajstić information content (AvgIpc) is 2.65. The lowest BCUT2D eigenvalue weighted by Crippen LogP contribution is -2.15. The van der Waals surface area contributed by atoms with E-state index in [1.165, 1.54) is 30.3 Å². The summed E-state index contributed by atoms with van der Waals surface area (Å²) in [5.41, 5.74) is -0.238. The van der Waals surface area contributed by atoms with Crippen LogP contribution in [0.1, 0.15) is 17.3 Å². The largest absolute Gasteiger partial charge is 0.462 e. The molecule has 8 heteroatoms. The molecule has 0 aliphatic rings. The van der Waals surface area contributed by atoms with E-state index in [4.69, 9.17) is 10.00 Å². The number of benzene rings is 2. The minimum Gasteiger partial charge on any atom is -0.462 e. The molecule has 0 aliphatic carbocycles. The van der Waals surface area contributed by atoms with Gasteiger partial charge in [0.1, 0.15) is 29.0 Å². The Hall–Kier alpha value is -3.73. The number of carbonyl (C=O) groups is 2. The van der Waals surface area contributed by atoms with Crippen molar-refractivity contribution in [3.63, 3.8) is 0 Å². The van der Waals surface area contributed by atoms with Crippen molar-refractivity contribution in [2.45, 2.75) is 6.92 Å². The smallest absolute Gasteiger partial charge is 0.338 e. The van der Waals surface area contributed by atoms with Crippen LogP contribution in [-0.4, -0.2) is 18.5 Å². The number of amides is 1. The van der Waals surface area contributed by atoms with E-state index in [2.05, 4.69) is 10.6 Å². The number of halogens is 2. The number of hydrogen-bond donors (Lipinski definition) is 2. The van der Waals surface area contributed by atoms with Crippen LogP contribution in [0.25, 0.3) is 0 Å². The third kappa shape index (κ3) is 5.12. The number of nitrogens with one attached hydrogen (secondary N) is 2. The van der Waals surface area contributed by atoms with E-state index < -0.39 is 34.8 Å². The lowest BCUT2D eigenvalue weighted by Gasteiger charge is -2.07. The number of nitrogens with zero attached hydrogens (tertiary/aromatic N) is 1. The van der Waals surface area contributed by atoms with Crippen molar-refractivity contribution in [1.82, 2.24) is 0 Å². The summed E-state index contributed by atoms with van der Waals surface area (Å²) in [6, 6.07) is 10.7. The minimum absolute atomic E-state index is 0.239. The molecular weight excluding hydrogens is 356 g/mol. The molecule has 0 aliphatic heterocycles. The van der Waals surface area contributed by atoms with E-state index in [0.717, 1.165) is 18.3 Å². The molecule has 0 saturated carbocycles. The number of hydrogen-bond acceptors (Lipinski definition) is 5. The molecule has 2 rings (SSSR count). The number of carbonyl (C=O) groups excluding carboxylic acids is 2. The topological polar surface area (TPSA) is 91.2 Å². The third-order valence-electron chi connectivity index (χ3n) is 3.34. The van der Waals surface area contributed by atoms with Gasteiger partial charge in [0.05, 0.1) is 12.2 Å². The van der Waals surface area contributed by atoms with Crippen LogP contribution in [0.5, 0.6) is 0 Å². The van der Waals surface area contributed by atoms with Gasteiger partial charge < -0.3 is 15.4 Å². The first-order valence-electron chi connectivity index (χ1n) is 7.85. The Morgan fingerprint density at radius 2 is 1.78 bits per heavy atom. The van der Waals surface area contributed by atoms with E-state index in [9.17, 15) is 18.4 Å². The van der Waals surface area contributed by atoms with Crippen LogP contribution in [0.15, 0.2) is 54.2 Å². The van der Waals surface area contributed by atoms with Gasteiger partial charge in [-0.05, 0) is 43.3 Å². The maximum atomic E-state index is 13.6. The maximum Gasteiger partial charge on any atom is 0.338 e. The number of esters is 1. The molecule has 0 heterocycles. The molecule has 2 aromatic carbocycles. The van der Waals surface area contributed by atoms with Gasteiger partial charge in [0, 0.05) is 11.9 Å². The van der Waals surface area contributed by atoms with Gasteiger partial charge >= 0.3 is 5.97 Å². The van der Waals surface area contributed by atoms with E-state index in [1.807, 2.05) is 0 Å². The molecule has 0 radical (unpaired) electrons. The average molecular weight is 371 g/mol. The molecule has 0 spiro atoms. The molecule has 0 bridgehead atoms. The summed E-state index contributed by atoms with van der Waals surface area (Å²) >= 11 is 0. The van der Waals surface area contributed by atoms with Crippen molar-refractivity contribution in [1.29, 1.82) is 5.26 Å². The van der Waals surface area contributed by atoms with Gasteiger partial charge in [-0.2, -0.15) is 5.26 Å². The van der Waals surface area contributed by atoms with Gasteiger partial charge in [-0.3, -0.25) is 4.79 Å². The lowest BCUT2D eigenvalue weighted by molar-refractivity contribution is -0.112. The Morgan fingerprint density at radius 1 is 1.15 bits per heavy atom. The van der Waals surface area contributed by atoms with Crippen LogP contribution in [0.2, 0.25) is 0 Å². The van der Waals surface area contributed by atoms with E-state index in [0.29, 0.717) is 11.3 Å². The molecule has 2 aromatic rings. The predicted octanol–water partition coefficient (Wildman–Crippen LogP) is 3.60. The second-order valence-electron chi connectivity index (χ2n) is 5.16. The third-order valence-corrected chi connectivity index (χ3v) is 3.34. The first-order valence-corrected chi connectivity index (χ1v) is 7.85. The fourth-order valence-electron chi connectivity index (χ4n) is 2.03. The fourth-order valence-corrected chi connectivity index (χ4v) is 2.03. The van der Waals surface area contributed by atoms with Gasteiger partial charge in [-0.1, -0.05) is 6.07 Å². The quantitative estimate of drug-likeness (QED) is 0.460. The van der Waals surface area contributed by atoms with Crippen LogP contribution in [0.3, 0.4) is 0 Å². The molecule has 6 nitrogen and oxygen atoms in total. The Balaban J connectivity index is 2.09. The van der Waals surface area contributed by atoms with Gasteiger partial charge in [0.15, 0.2) is 0 Å². The Labute approximate surface area is 154 Å². The van der Waals surface area contributed by atoms with Crippen LogP contribution < -0.4 is 10.6 Å². The van der Waals surface area contributed by atoms with Crippen molar-refractivity contribution < 1.29 is 23.1 Å². The summed E-state index contributed by atoms with van der Waals surface area (Å²) in [4.78, 5) is 23.7. The highest BCUT2D eigenvalue weighted by Crippen LogP contribution is 2.18. The van der Waals surface area contributed by atoms with Crippen LogP contribution in [-0.2, 0) is 9.53 Å². The van der Waals surface area contributed by atoms with Gasteiger partial charge in [0.25, 0.3) is 5.91 Å². The standard InChI is InChI=1S/C19H15F2N3O3/c1-2-27-19(26)12-6-8-14(9-7-12)24-18(25)13(10-22)11-23-17-15(20)4-3-5-16(17)21/h3-9,11,23H,2H2,1H3,(H,24,25)/b13-11-. The summed E-state index contributed by atoms with van der Waals surface area (Å²) in [5, 5.41) is 13.8. The first-order chi connectivity index (χ1) is 13.0. The highest BCUT2D eigenvalue weighted by atomic mass is 19.1. The normalized spacial score (nSPS) is 10.7. The maximum absolute atomic E-state index is 13.6. The molecule has 2 N–H and O–H groups in total. The molecule has 27 heavy (non-hydrogen) atoms. The Morgan fingerprint density at radius 3 is 2.33 bits per heavy atom. The van der Waals surface area contributed by atoms with E-state index in [1.54, 1.807) is 13.0 Å². The van der Waals surface area contributed by atoms with Gasteiger partial charge in [0.2, 0.25) is 0 Å². The number of rotatable bonds is 6. The zero-order valence-electron chi connectivity index (χ0n) is 14.3. The van der Waals surface area contributed by atoms with Crippen LogP contribution in [0, 0.1) is 23.0 Å². The fraction of sp³-hybridized carbons (Fsp3) is 0.105.